The minimum Gasteiger partial charge on any atom is -0.362 e. The normalized spacial score (nSPS) is 11.1. The Hall–Kier alpha value is -1.67. The van der Waals surface area contributed by atoms with Crippen LogP contribution in [0.1, 0.15) is 11.1 Å². The van der Waals surface area contributed by atoms with Gasteiger partial charge in [-0.2, -0.15) is 0 Å². The molecule has 0 saturated heterocycles. The van der Waals surface area contributed by atoms with Crippen LogP contribution >= 0.6 is 23.8 Å². The maximum Gasteiger partial charge on any atom is 0.238 e. The maximum absolute atomic E-state index is 11.2. The Morgan fingerprint density at radius 3 is 2.46 bits per heavy atom. The molecule has 5 nitrogen and oxygen atoms in total. The summed E-state index contributed by atoms with van der Waals surface area (Å²) in [5.74, 6) is 0. The highest BCUT2D eigenvalue weighted by Crippen LogP contribution is 2.22. The number of hydrogen-bond acceptors (Lipinski definition) is 3. The lowest BCUT2D eigenvalue weighted by Crippen LogP contribution is -2.30. The van der Waals surface area contributed by atoms with Gasteiger partial charge >= 0.3 is 0 Å². The van der Waals surface area contributed by atoms with E-state index in [0.29, 0.717) is 23.1 Å². The van der Waals surface area contributed by atoms with Crippen LogP contribution in [0.25, 0.3) is 0 Å². The standard InChI is InChI=1S/C16H18ClN3O2S2/c1-11-2-7-15(14(17)10-11)20-16(23)19-9-8-12-3-5-13(6-4-12)24(18,21)22/h2-7,10H,8-9H2,1H3,(H2,18,21,22)(H2,19,20,23). The first-order chi connectivity index (χ1) is 11.3. The molecule has 8 heteroatoms. The Kier molecular flexibility index (Phi) is 6.17. The molecule has 2 rings (SSSR count). The zero-order valence-electron chi connectivity index (χ0n) is 13.0. The number of sulfonamides is 1. The molecule has 0 saturated carbocycles. The van der Waals surface area contributed by atoms with E-state index in [0.717, 1.165) is 16.8 Å². The van der Waals surface area contributed by atoms with Crippen molar-refractivity contribution < 1.29 is 8.42 Å². The van der Waals surface area contributed by atoms with Crippen LogP contribution < -0.4 is 15.8 Å². The highest BCUT2D eigenvalue weighted by Gasteiger charge is 2.07. The molecule has 0 aliphatic carbocycles. The second kappa shape index (κ2) is 7.94. The summed E-state index contributed by atoms with van der Waals surface area (Å²) in [7, 11) is -3.65. The third kappa shape index (κ3) is 5.45. The lowest BCUT2D eigenvalue weighted by atomic mass is 10.1. The first kappa shape index (κ1) is 18.7. The molecule has 0 amide bonds. The average Bonchev–Trinajstić information content (AvgIpc) is 2.50. The molecule has 0 bridgehead atoms. The Morgan fingerprint density at radius 1 is 1.21 bits per heavy atom. The smallest absolute Gasteiger partial charge is 0.238 e. The van der Waals surface area contributed by atoms with Crippen LogP contribution in [0.4, 0.5) is 5.69 Å². The molecule has 0 heterocycles. The van der Waals surface area contributed by atoms with Crippen molar-refractivity contribution in [3.05, 3.63) is 58.6 Å². The van der Waals surface area contributed by atoms with Gasteiger partial charge in [-0.25, -0.2) is 13.6 Å². The minimum absolute atomic E-state index is 0.102. The molecular formula is C16H18ClN3O2S2. The maximum atomic E-state index is 11.2. The third-order valence-corrected chi connectivity index (χ3v) is 4.81. The molecule has 0 aromatic heterocycles. The zero-order valence-corrected chi connectivity index (χ0v) is 15.4. The molecule has 128 valence electrons. The van der Waals surface area contributed by atoms with E-state index in [2.05, 4.69) is 10.6 Å². The molecule has 0 spiro atoms. The molecule has 2 aromatic rings. The second-order valence-corrected chi connectivity index (χ2v) is 7.68. The van der Waals surface area contributed by atoms with Crippen LogP contribution in [0.2, 0.25) is 5.02 Å². The molecule has 4 N–H and O–H groups in total. The Morgan fingerprint density at radius 2 is 1.88 bits per heavy atom. The number of halogens is 1. The summed E-state index contributed by atoms with van der Waals surface area (Å²) < 4.78 is 22.4. The predicted octanol–water partition coefficient (Wildman–Crippen LogP) is 2.82. The number of primary sulfonamides is 1. The average molecular weight is 384 g/mol. The van der Waals surface area contributed by atoms with Crippen LogP contribution in [0.15, 0.2) is 47.4 Å². The van der Waals surface area contributed by atoms with Gasteiger partial charge in [-0.1, -0.05) is 29.8 Å². The van der Waals surface area contributed by atoms with E-state index in [-0.39, 0.29) is 4.90 Å². The molecule has 0 aliphatic heterocycles. The van der Waals surface area contributed by atoms with Crippen molar-refractivity contribution in [3.8, 4) is 0 Å². The van der Waals surface area contributed by atoms with Gasteiger partial charge in [0.2, 0.25) is 10.0 Å². The molecule has 24 heavy (non-hydrogen) atoms. The molecule has 0 fully saturated rings. The Labute approximate surface area is 152 Å². The fourth-order valence-electron chi connectivity index (χ4n) is 2.05. The van der Waals surface area contributed by atoms with E-state index in [1.165, 1.54) is 12.1 Å². The minimum atomic E-state index is -3.65. The van der Waals surface area contributed by atoms with E-state index >= 15 is 0 Å². The summed E-state index contributed by atoms with van der Waals surface area (Å²) in [6, 6.07) is 12.1. The SMILES string of the molecule is Cc1ccc(NC(=S)NCCc2ccc(S(N)(=O)=O)cc2)c(Cl)c1. The Bertz CT molecular complexity index is 837. The van der Waals surface area contributed by atoms with Gasteiger partial charge in [-0.3, -0.25) is 0 Å². The number of anilines is 1. The number of aryl methyl sites for hydroxylation is 1. The number of thiocarbonyl (C=S) groups is 1. The van der Waals surface area contributed by atoms with E-state index in [9.17, 15) is 8.42 Å². The molecule has 0 unspecified atom stereocenters. The van der Waals surface area contributed by atoms with Gasteiger partial charge in [0, 0.05) is 6.54 Å². The van der Waals surface area contributed by atoms with Crippen molar-refractivity contribution in [1.82, 2.24) is 5.32 Å². The lowest BCUT2D eigenvalue weighted by molar-refractivity contribution is 0.598. The first-order valence-electron chi connectivity index (χ1n) is 7.18. The number of hydrogen-bond donors (Lipinski definition) is 3. The summed E-state index contributed by atoms with van der Waals surface area (Å²) in [4.78, 5) is 0.102. The summed E-state index contributed by atoms with van der Waals surface area (Å²) in [6.07, 6.45) is 0.689. The van der Waals surface area contributed by atoms with Gasteiger partial charge in [0.15, 0.2) is 5.11 Å². The van der Waals surface area contributed by atoms with Crippen molar-refractivity contribution in [3.63, 3.8) is 0 Å². The fraction of sp³-hybridized carbons (Fsp3) is 0.188. The van der Waals surface area contributed by atoms with E-state index in [4.69, 9.17) is 29.0 Å². The van der Waals surface area contributed by atoms with Gasteiger partial charge in [-0.15, -0.1) is 0 Å². The van der Waals surface area contributed by atoms with E-state index in [1.54, 1.807) is 12.1 Å². The van der Waals surface area contributed by atoms with Crippen molar-refractivity contribution >= 4 is 44.6 Å². The quantitative estimate of drug-likeness (QED) is 0.691. The van der Waals surface area contributed by atoms with E-state index < -0.39 is 10.0 Å². The van der Waals surface area contributed by atoms with Gasteiger partial charge in [0.1, 0.15) is 0 Å². The molecule has 2 aromatic carbocycles. The topological polar surface area (TPSA) is 84.2 Å². The summed E-state index contributed by atoms with van der Waals surface area (Å²) in [5.41, 5.74) is 2.80. The number of nitrogens with one attached hydrogen (secondary N) is 2. The molecular weight excluding hydrogens is 366 g/mol. The fourth-order valence-corrected chi connectivity index (χ4v) is 3.06. The number of benzene rings is 2. The van der Waals surface area contributed by atoms with Crippen molar-refractivity contribution in [2.24, 2.45) is 5.14 Å². The molecule has 0 atom stereocenters. The van der Waals surface area contributed by atoms with Gasteiger partial charge in [-0.05, 0) is 61.0 Å². The zero-order chi connectivity index (χ0) is 17.7. The van der Waals surface area contributed by atoms with E-state index in [1.807, 2.05) is 25.1 Å². The molecule has 0 aliphatic rings. The number of nitrogens with two attached hydrogens (primary N) is 1. The van der Waals surface area contributed by atoms with Crippen molar-refractivity contribution in [2.45, 2.75) is 18.2 Å². The highest BCUT2D eigenvalue weighted by molar-refractivity contribution is 7.89. The van der Waals surface area contributed by atoms with Crippen LogP contribution in [0.5, 0.6) is 0 Å². The van der Waals surface area contributed by atoms with Crippen LogP contribution in [-0.2, 0) is 16.4 Å². The third-order valence-electron chi connectivity index (χ3n) is 3.32. The number of rotatable bonds is 5. The van der Waals surface area contributed by atoms with Gasteiger partial charge in [0.25, 0.3) is 0 Å². The Balaban J connectivity index is 1.84. The predicted molar refractivity (Wildman–Crippen MR) is 102 cm³/mol. The van der Waals surface area contributed by atoms with Crippen LogP contribution in [0, 0.1) is 6.92 Å². The molecule has 0 radical (unpaired) electrons. The van der Waals surface area contributed by atoms with Crippen LogP contribution in [-0.4, -0.2) is 20.1 Å². The lowest BCUT2D eigenvalue weighted by Gasteiger charge is -2.12. The summed E-state index contributed by atoms with van der Waals surface area (Å²) in [5, 5.41) is 12.3. The highest BCUT2D eigenvalue weighted by atomic mass is 35.5. The first-order valence-corrected chi connectivity index (χ1v) is 9.52. The van der Waals surface area contributed by atoms with Gasteiger partial charge in [0.05, 0.1) is 15.6 Å². The van der Waals surface area contributed by atoms with Gasteiger partial charge < -0.3 is 10.6 Å². The van der Waals surface area contributed by atoms with Crippen LogP contribution in [0.3, 0.4) is 0 Å². The van der Waals surface area contributed by atoms with Crippen molar-refractivity contribution in [2.75, 3.05) is 11.9 Å². The largest absolute Gasteiger partial charge is 0.362 e. The van der Waals surface area contributed by atoms with Crippen molar-refractivity contribution in [1.29, 1.82) is 0 Å². The monoisotopic (exact) mass is 383 g/mol. The second-order valence-electron chi connectivity index (χ2n) is 5.30. The summed E-state index contributed by atoms with van der Waals surface area (Å²) >= 11 is 11.4. The summed E-state index contributed by atoms with van der Waals surface area (Å²) in [6.45, 7) is 2.57.